The highest BCUT2D eigenvalue weighted by molar-refractivity contribution is 5.82. The van der Waals surface area contributed by atoms with Crippen LogP contribution in [0.2, 0.25) is 0 Å². The van der Waals surface area contributed by atoms with Crippen LogP contribution in [0, 0.1) is 11.8 Å². The summed E-state index contributed by atoms with van der Waals surface area (Å²) in [5, 5.41) is 8.64. The molecule has 1 fully saturated rings. The van der Waals surface area contributed by atoms with Crippen LogP contribution >= 0.6 is 0 Å². The van der Waals surface area contributed by atoms with Gasteiger partial charge < -0.3 is 14.6 Å². The summed E-state index contributed by atoms with van der Waals surface area (Å²) in [6.45, 7) is 3.38. The van der Waals surface area contributed by atoms with Crippen molar-refractivity contribution in [3.8, 4) is 0 Å². The first-order chi connectivity index (χ1) is 8.56. The van der Waals surface area contributed by atoms with Gasteiger partial charge in [0.15, 0.2) is 0 Å². The fraction of sp³-hybridized carbons (Fsp3) is 0.846. The summed E-state index contributed by atoms with van der Waals surface area (Å²) in [6, 6.07) is 0. The Labute approximate surface area is 107 Å². The van der Waals surface area contributed by atoms with Crippen molar-refractivity contribution in [2.45, 2.75) is 45.6 Å². The SMILES string of the molecule is CC(C)OC(=O)C1CCCCC1C(=O)OCCO. The van der Waals surface area contributed by atoms with E-state index in [1.165, 1.54) is 0 Å². The molecule has 2 unspecified atom stereocenters. The number of ether oxygens (including phenoxy) is 2. The molecule has 0 amide bonds. The zero-order valence-corrected chi connectivity index (χ0v) is 11.1. The lowest BCUT2D eigenvalue weighted by Gasteiger charge is -2.28. The number of esters is 2. The van der Waals surface area contributed by atoms with Gasteiger partial charge in [0.25, 0.3) is 0 Å². The van der Waals surface area contributed by atoms with Crippen LogP contribution in [0.3, 0.4) is 0 Å². The van der Waals surface area contributed by atoms with E-state index in [9.17, 15) is 9.59 Å². The van der Waals surface area contributed by atoms with E-state index in [4.69, 9.17) is 14.6 Å². The Hall–Kier alpha value is -1.10. The van der Waals surface area contributed by atoms with Gasteiger partial charge in [-0.1, -0.05) is 12.8 Å². The van der Waals surface area contributed by atoms with Crippen LogP contribution in [0.1, 0.15) is 39.5 Å². The molecule has 1 aliphatic carbocycles. The molecule has 1 rings (SSSR count). The Bertz CT molecular complexity index is 287. The number of carbonyl (C=O) groups excluding carboxylic acids is 2. The Kier molecular flexibility index (Phi) is 6.12. The summed E-state index contributed by atoms with van der Waals surface area (Å²) in [4.78, 5) is 23.7. The van der Waals surface area contributed by atoms with Gasteiger partial charge in [-0.15, -0.1) is 0 Å². The van der Waals surface area contributed by atoms with Crippen molar-refractivity contribution in [3.63, 3.8) is 0 Å². The van der Waals surface area contributed by atoms with Gasteiger partial charge in [0.1, 0.15) is 6.61 Å². The molecule has 0 radical (unpaired) electrons. The molecule has 0 aliphatic heterocycles. The van der Waals surface area contributed by atoms with E-state index in [-0.39, 0.29) is 25.3 Å². The Morgan fingerprint density at radius 2 is 1.72 bits per heavy atom. The second-order valence-corrected chi connectivity index (χ2v) is 4.87. The Morgan fingerprint density at radius 1 is 1.17 bits per heavy atom. The summed E-state index contributed by atoms with van der Waals surface area (Å²) in [5.74, 6) is -1.52. The molecule has 1 aliphatic rings. The minimum atomic E-state index is -0.420. The van der Waals surface area contributed by atoms with Crippen molar-refractivity contribution in [1.82, 2.24) is 0 Å². The smallest absolute Gasteiger partial charge is 0.310 e. The first kappa shape index (κ1) is 15.0. The molecule has 0 aromatic rings. The van der Waals surface area contributed by atoms with Crippen LogP contribution in [0.4, 0.5) is 0 Å². The van der Waals surface area contributed by atoms with Gasteiger partial charge in [-0.2, -0.15) is 0 Å². The van der Waals surface area contributed by atoms with Crippen molar-refractivity contribution < 1.29 is 24.2 Å². The van der Waals surface area contributed by atoms with Crippen LogP contribution in [-0.4, -0.2) is 36.4 Å². The molecule has 5 heteroatoms. The molecule has 0 aromatic heterocycles. The van der Waals surface area contributed by atoms with Crippen molar-refractivity contribution in [3.05, 3.63) is 0 Å². The maximum absolute atomic E-state index is 11.9. The van der Waals surface area contributed by atoms with Crippen molar-refractivity contribution in [1.29, 1.82) is 0 Å². The lowest BCUT2D eigenvalue weighted by atomic mass is 9.79. The summed E-state index contributed by atoms with van der Waals surface area (Å²) in [7, 11) is 0. The first-order valence-electron chi connectivity index (χ1n) is 6.54. The topological polar surface area (TPSA) is 72.8 Å². The van der Waals surface area contributed by atoms with Crippen molar-refractivity contribution in [2.24, 2.45) is 11.8 Å². The average molecular weight is 258 g/mol. The molecule has 1 N–H and O–H groups in total. The molecule has 2 atom stereocenters. The highest BCUT2D eigenvalue weighted by Crippen LogP contribution is 2.32. The second kappa shape index (κ2) is 7.36. The number of aliphatic hydroxyl groups is 1. The van der Waals surface area contributed by atoms with Gasteiger partial charge in [0.2, 0.25) is 0 Å². The molecular weight excluding hydrogens is 236 g/mol. The van der Waals surface area contributed by atoms with Crippen molar-refractivity contribution in [2.75, 3.05) is 13.2 Å². The van der Waals surface area contributed by atoms with E-state index in [1.807, 2.05) is 0 Å². The minimum Gasteiger partial charge on any atom is -0.463 e. The van der Waals surface area contributed by atoms with Gasteiger partial charge in [0, 0.05) is 0 Å². The summed E-state index contributed by atoms with van der Waals surface area (Å²) in [5.41, 5.74) is 0. The molecule has 0 saturated heterocycles. The Balaban J connectivity index is 2.61. The number of carbonyl (C=O) groups is 2. The third kappa shape index (κ3) is 4.29. The Morgan fingerprint density at radius 3 is 2.22 bits per heavy atom. The standard InChI is InChI=1S/C13H22O5/c1-9(2)18-13(16)11-6-4-3-5-10(11)12(15)17-8-7-14/h9-11,14H,3-8H2,1-2H3. The molecule has 0 spiro atoms. The molecule has 0 aromatic carbocycles. The minimum absolute atomic E-state index is 0.0126. The van der Waals surface area contributed by atoms with Gasteiger partial charge in [-0.05, 0) is 26.7 Å². The normalized spacial score (nSPS) is 23.8. The van der Waals surface area contributed by atoms with E-state index in [0.717, 1.165) is 12.8 Å². The van der Waals surface area contributed by atoms with Crippen LogP contribution in [0.15, 0.2) is 0 Å². The van der Waals surface area contributed by atoms with E-state index in [1.54, 1.807) is 13.8 Å². The zero-order chi connectivity index (χ0) is 13.5. The average Bonchev–Trinajstić information content (AvgIpc) is 2.35. The van der Waals surface area contributed by atoms with Gasteiger partial charge in [-0.25, -0.2) is 0 Å². The maximum Gasteiger partial charge on any atom is 0.310 e. The number of hydrogen-bond donors (Lipinski definition) is 1. The molecule has 18 heavy (non-hydrogen) atoms. The number of hydrogen-bond acceptors (Lipinski definition) is 5. The molecule has 104 valence electrons. The highest BCUT2D eigenvalue weighted by atomic mass is 16.5. The lowest BCUT2D eigenvalue weighted by molar-refractivity contribution is -0.165. The van der Waals surface area contributed by atoms with Crippen molar-refractivity contribution >= 4 is 11.9 Å². The summed E-state index contributed by atoms with van der Waals surface area (Å²) < 4.78 is 10.1. The largest absolute Gasteiger partial charge is 0.463 e. The van der Waals surface area contributed by atoms with Gasteiger partial charge in [0.05, 0.1) is 24.5 Å². The predicted molar refractivity (Wildman–Crippen MR) is 64.7 cm³/mol. The first-order valence-corrected chi connectivity index (χ1v) is 6.54. The number of rotatable bonds is 5. The maximum atomic E-state index is 11.9. The van der Waals surface area contributed by atoms with Crippen LogP contribution < -0.4 is 0 Å². The van der Waals surface area contributed by atoms with E-state index in [0.29, 0.717) is 12.8 Å². The van der Waals surface area contributed by atoms with E-state index >= 15 is 0 Å². The highest BCUT2D eigenvalue weighted by Gasteiger charge is 2.38. The molecule has 5 nitrogen and oxygen atoms in total. The third-order valence-electron chi connectivity index (χ3n) is 3.06. The fourth-order valence-electron chi connectivity index (χ4n) is 2.27. The number of aliphatic hydroxyl groups excluding tert-OH is 1. The predicted octanol–water partition coefficient (Wildman–Crippen LogP) is 1.28. The van der Waals surface area contributed by atoms with Gasteiger partial charge >= 0.3 is 11.9 Å². The molecule has 0 bridgehead atoms. The second-order valence-electron chi connectivity index (χ2n) is 4.87. The van der Waals surface area contributed by atoms with Crippen LogP contribution in [-0.2, 0) is 19.1 Å². The zero-order valence-electron chi connectivity index (χ0n) is 11.1. The fourth-order valence-corrected chi connectivity index (χ4v) is 2.27. The molecule has 0 heterocycles. The summed E-state index contributed by atoms with van der Waals surface area (Å²) in [6.07, 6.45) is 3.01. The van der Waals surface area contributed by atoms with Crippen LogP contribution in [0.5, 0.6) is 0 Å². The van der Waals surface area contributed by atoms with E-state index < -0.39 is 17.8 Å². The third-order valence-corrected chi connectivity index (χ3v) is 3.06. The molecule has 1 saturated carbocycles. The van der Waals surface area contributed by atoms with Crippen LogP contribution in [0.25, 0.3) is 0 Å². The van der Waals surface area contributed by atoms with E-state index in [2.05, 4.69) is 0 Å². The molecular formula is C13H22O5. The quantitative estimate of drug-likeness (QED) is 0.752. The monoisotopic (exact) mass is 258 g/mol. The van der Waals surface area contributed by atoms with Gasteiger partial charge in [-0.3, -0.25) is 9.59 Å². The summed E-state index contributed by atoms with van der Waals surface area (Å²) >= 11 is 0. The lowest BCUT2D eigenvalue weighted by Crippen LogP contribution is -2.36.